The Bertz CT molecular complexity index is 675. The Balaban J connectivity index is 1.54. The Morgan fingerprint density at radius 2 is 2.17 bits per heavy atom. The molecule has 2 amide bonds. The highest BCUT2D eigenvalue weighted by atomic mass is 32.2. The van der Waals surface area contributed by atoms with Gasteiger partial charge in [-0.1, -0.05) is 17.8 Å². The normalized spacial score (nSPS) is 27.2. The molecule has 0 spiro atoms. The summed E-state index contributed by atoms with van der Waals surface area (Å²) >= 11 is 1.31. The molecule has 10 heteroatoms. The summed E-state index contributed by atoms with van der Waals surface area (Å²) in [5, 5.41) is 14.4. The monoisotopic (exact) mass is 359 g/mol. The van der Waals surface area contributed by atoms with Gasteiger partial charge in [0.2, 0.25) is 15.2 Å². The van der Waals surface area contributed by atoms with Crippen molar-refractivity contribution in [3.05, 3.63) is 5.01 Å². The number of carbonyl (C=O) groups excluding carboxylic acids is 1. The molecule has 8 nitrogen and oxygen atoms in total. The number of aryl methyl sites for hydroxylation is 1. The van der Waals surface area contributed by atoms with Crippen LogP contribution in [0.3, 0.4) is 0 Å². The zero-order valence-corrected chi connectivity index (χ0v) is 14.6. The number of carbonyl (C=O) groups is 1. The van der Waals surface area contributed by atoms with Crippen molar-refractivity contribution in [1.29, 1.82) is 0 Å². The lowest BCUT2D eigenvalue weighted by molar-refractivity contribution is 0.242. The maximum Gasteiger partial charge on any atom is 0.321 e. The minimum absolute atomic E-state index is 0.0200. The second kappa shape index (κ2) is 6.70. The van der Waals surface area contributed by atoms with E-state index >= 15 is 0 Å². The van der Waals surface area contributed by atoms with E-state index in [0.29, 0.717) is 24.6 Å². The minimum Gasteiger partial charge on any atom is -0.337 e. The topological polar surface area (TPSA) is 104 Å². The van der Waals surface area contributed by atoms with Crippen molar-refractivity contribution in [2.45, 2.75) is 38.6 Å². The van der Waals surface area contributed by atoms with E-state index in [4.69, 9.17) is 0 Å². The van der Waals surface area contributed by atoms with E-state index in [2.05, 4.69) is 20.8 Å². The first kappa shape index (κ1) is 16.6. The van der Waals surface area contributed by atoms with Gasteiger partial charge in [0.15, 0.2) is 0 Å². The van der Waals surface area contributed by atoms with Crippen LogP contribution >= 0.6 is 11.3 Å². The maximum absolute atomic E-state index is 12.1. The Hall–Kier alpha value is -1.26. The highest BCUT2D eigenvalue weighted by Gasteiger charge is 2.40. The molecule has 1 saturated heterocycles. The summed E-state index contributed by atoms with van der Waals surface area (Å²) in [5.74, 6) is 0.422. The number of sulfonamides is 1. The predicted molar refractivity (Wildman–Crippen MR) is 87.9 cm³/mol. The Kier molecular flexibility index (Phi) is 4.83. The third-order valence-electron chi connectivity index (χ3n) is 4.40. The lowest BCUT2D eigenvalue weighted by Gasteiger charge is -2.28. The number of nitrogens with zero attached hydrogens (tertiary/aromatic N) is 3. The number of nitrogens with one attached hydrogen (secondary N) is 2. The number of hydrogen-bond acceptors (Lipinski definition) is 6. The van der Waals surface area contributed by atoms with Crippen molar-refractivity contribution in [2.75, 3.05) is 24.2 Å². The molecule has 3 rings (SSSR count). The number of urea groups is 1. The number of aromatic nitrogens is 2. The Morgan fingerprint density at radius 3 is 2.83 bits per heavy atom. The summed E-state index contributed by atoms with van der Waals surface area (Å²) in [7, 11) is -3.10. The molecule has 0 bridgehead atoms. The summed E-state index contributed by atoms with van der Waals surface area (Å²) in [6.45, 7) is 2.90. The molecule has 2 N–H and O–H groups in total. The van der Waals surface area contributed by atoms with Crippen molar-refractivity contribution in [3.8, 4) is 0 Å². The summed E-state index contributed by atoms with van der Waals surface area (Å²) < 4.78 is 25.8. The van der Waals surface area contributed by atoms with E-state index in [-0.39, 0.29) is 23.7 Å². The molecule has 0 radical (unpaired) electrons. The summed E-state index contributed by atoms with van der Waals surface area (Å²) in [6.07, 6.45) is 3.52. The van der Waals surface area contributed by atoms with E-state index in [1.807, 2.05) is 6.92 Å². The molecule has 0 aromatic carbocycles. The van der Waals surface area contributed by atoms with Crippen molar-refractivity contribution >= 4 is 32.5 Å². The molecular weight excluding hydrogens is 338 g/mol. The molecule has 2 fully saturated rings. The molecule has 2 atom stereocenters. The second-order valence-electron chi connectivity index (χ2n) is 6.00. The van der Waals surface area contributed by atoms with Crippen LogP contribution in [0.2, 0.25) is 0 Å². The zero-order chi connectivity index (χ0) is 16.4. The van der Waals surface area contributed by atoms with Crippen molar-refractivity contribution in [1.82, 2.24) is 19.8 Å². The number of rotatable bonds is 4. The van der Waals surface area contributed by atoms with Crippen LogP contribution in [0.4, 0.5) is 9.93 Å². The van der Waals surface area contributed by atoms with E-state index < -0.39 is 10.0 Å². The summed E-state index contributed by atoms with van der Waals surface area (Å²) in [5.41, 5.74) is 0. The van der Waals surface area contributed by atoms with Gasteiger partial charge in [-0.05, 0) is 32.1 Å². The largest absolute Gasteiger partial charge is 0.337 e. The van der Waals surface area contributed by atoms with Crippen LogP contribution in [-0.4, -0.2) is 53.8 Å². The summed E-state index contributed by atoms with van der Waals surface area (Å²) in [4.78, 5) is 11.9. The van der Waals surface area contributed by atoms with Gasteiger partial charge in [-0.15, -0.1) is 10.2 Å². The lowest BCUT2D eigenvalue weighted by Crippen LogP contribution is -2.43. The molecular formula is C13H21N5O3S2. The molecule has 2 heterocycles. The first-order chi connectivity index (χ1) is 11.0. The fourth-order valence-electron chi connectivity index (χ4n) is 3.38. The van der Waals surface area contributed by atoms with Crippen LogP contribution < -0.4 is 10.6 Å². The van der Waals surface area contributed by atoms with Crippen molar-refractivity contribution < 1.29 is 13.2 Å². The quantitative estimate of drug-likeness (QED) is 0.840. The van der Waals surface area contributed by atoms with Gasteiger partial charge in [0.25, 0.3) is 0 Å². The first-order valence-electron chi connectivity index (χ1n) is 7.80. The van der Waals surface area contributed by atoms with Gasteiger partial charge in [0.1, 0.15) is 5.01 Å². The van der Waals surface area contributed by atoms with Crippen molar-refractivity contribution in [2.24, 2.45) is 5.92 Å². The smallest absolute Gasteiger partial charge is 0.321 e. The number of anilines is 1. The van der Waals surface area contributed by atoms with Crippen molar-refractivity contribution in [3.63, 3.8) is 0 Å². The van der Waals surface area contributed by atoms with E-state index in [0.717, 1.165) is 24.3 Å². The summed E-state index contributed by atoms with van der Waals surface area (Å²) in [6, 6.07) is -0.303. The van der Waals surface area contributed by atoms with Gasteiger partial charge in [-0.25, -0.2) is 13.2 Å². The zero-order valence-electron chi connectivity index (χ0n) is 13.0. The molecule has 2 unspecified atom stereocenters. The maximum atomic E-state index is 12.1. The van der Waals surface area contributed by atoms with Gasteiger partial charge in [-0.2, -0.15) is 4.31 Å². The minimum atomic E-state index is -3.10. The Morgan fingerprint density at radius 1 is 1.35 bits per heavy atom. The number of amides is 2. The molecule has 2 aliphatic rings. The van der Waals surface area contributed by atoms with Gasteiger partial charge >= 0.3 is 6.03 Å². The van der Waals surface area contributed by atoms with Gasteiger partial charge in [-0.3, -0.25) is 5.32 Å². The average molecular weight is 359 g/mol. The van der Waals surface area contributed by atoms with Gasteiger partial charge in [0.05, 0.1) is 5.75 Å². The van der Waals surface area contributed by atoms with E-state index in [1.54, 1.807) is 4.31 Å². The fourth-order valence-corrected chi connectivity index (χ4v) is 5.79. The average Bonchev–Trinajstić information content (AvgIpc) is 3.17. The highest BCUT2D eigenvalue weighted by molar-refractivity contribution is 7.89. The second-order valence-corrected chi connectivity index (χ2v) is 9.22. The van der Waals surface area contributed by atoms with Crippen LogP contribution in [-0.2, 0) is 10.0 Å². The van der Waals surface area contributed by atoms with Gasteiger partial charge in [0, 0.05) is 19.1 Å². The molecule has 1 aromatic heterocycles. The molecule has 1 aliphatic carbocycles. The lowest BCUT2D eigenvalue weighted by atomic mass is 10.0. The first-order valence-corrected chi connectivity index (χ1v) is 10.2. The predicted octanol–water partition coefficient (Wildman–Crippen LogP) is 1.17. The molecule has 1 aliphatic heterocycles. The molecule has 23 heavy (non-hydrogen) atoms. The standard InChI is InChI=1S/C13H21N5O3S2/c1-9-16-17-13(22-9)15-12(19)14-8-10-4-2-5-11(10)18-6-3-7-23(18,20)21/h10-11H,2-8H2,1H3,(H2,14,15,17,19). The van der Waals surface area contributed by atoms with Crippen LogP contribution in [0, 0.1) is 12.8 Å². The molecule has 128 valence electrons. The molecule has 1 saturated carbocycles. The Labute approximate surface area is 139 Å². The third kappa shape index (κ3) is 3.81. The van der Waals surface area contributed by atoms with E-state index in [9.17, 15) is 13.2 Å². The van der Waals surface area contributed by atoms with Gasteiger partial charge < -0.3 is 5.32 Å². The highest BCUT2D eigenvalue weighted by Crippen LogP contribution is 2.33. The van der Waals surface area contributed by atoms with Crippen LogP contribution in [0.15, 0.2) is 0 Å². The van der Waals surface area contributed by atoms with Crippen LogP contribution in [0.1, 0.15) is 30.7 Å². The molecule has 1 aromatic rings. The third-order valence-corrected chi connectivity index (χ3v) is 7.12. The number of hydrogen-bond donors (Lipinski definition) is 2. The van der Waals surface area contributed by atoms with Crippen LogP contribution in [0.5, 0.6) is 0 Å². The van der Waals surface area contributed by atoms with Crippen LogP contribution in [0.25, 0.3) is 0 Å². The SMILES string of the molecule is Cc1nnc(NC(=O)NCC2CCCC2N2CCCS2(=O)=O)s1. The fraction of sp³-hybridized carbons (Fsp3) is 0.769. The van der Waals surface area contributed by atoms with E-state index in [1.165, 1.54) is 11.3 Å².